The van der Waals surface area contributed by atoms with E-state index in [9.17, 15) is 4.79 Å². The molecule has 1 atom stereocenters. The number of methoxy groups -OCH3 is 1. The molecule has 1 aromatic heterocycles. The van der Waals surface area contributed by atoms with Crippen LogP contribution in [-0.2, 0) is 4.79 Å². The number of aromatic amines is 1. The van der Waals surface area contributed by atoms with E-state index < -0.39 is 0 Å². The minimum Gasteiger partial charge on any atom is -0.497 e. The van der Waals surface area contributed by atoms with Crippen LogP contribution in [-0.4, -0.2) is 24.5 Å². The fourth-order valence-corrected chi connectivity index (χ4v) is 2.85. The molecule has 4 nitrogen and oxygen atoms in total. The van der Waals surface area contributed by atoms with Gasteiger partial charge in [0.15, 0.2) is 0 Å². The van der Waals surface area contributed by atoms with Crippen LogP contribution in [0.2, 0.25) is 0 Å². The van der Waals surface area contributed by atoms with Crippen molar-refractivity contribution in [2.24, 2.45) is 11.8 Å². The van der Waals surface area contributed by atoms with Crippen LogP contribution in [0.3, 0.4) is 0 Å². The number of amides is 1. The van der Waals surface area contributed by atoms with Crippen LogP contribution >= 0.6 is 0 Å². The van der Waals surface area contributed by atoms with Crippen molar-refractivity contribution in [3.8, 4) is 5.75 Å². The van der Waals surface area contributed by atoms with E-state index in [2.05, 4.69) is 38.0 Å². The summed E-state index contributed by atoms with van der Waals surface area (Å²) >= 11 is 0. The Morgan fingerprint density at radius 3 is 2.61 bits per heavy atom. The van der Waals surface area contributed by atoms with E-state index >= 15 is 0 Å². The van der Waals surface area contributed by atoms with Crippen LogP contribution in [0.5, 0.6) is 5.75 Å². The Hall–Kier alpha value is -1.97. The van der Waals surface area contributed by atoms with Gasteiger partial charge in [-0.2, -0.15) is 0 Å². The monoisotopic (exact) mass is 316 g/mol. The number of aromatic nitrogens is 1. The number of benzene rings is 1. The molecule has 126 valence electrons. The van der Waals surface area contributed by atoms with Gasteiger partial charge in [-0.15, -0.1) is 0 Å². The standard InChI is InChI=1S/C19H28N2O2/c1-12(2)10-21-19(22)9-15(13(3)4)17-11-20-18-7-6-14(23-5)8-16(17)18/h6-8,11-13,15,20H,9-10H2,1-5H3,(H,21,22)/t15-/m0/s1. The van der Waals surface area contributed by atoms with Crippen LogP contribution in [0.15, 0.2) is 24.4 Å². The van der Waals surface area contributed by atoms with Crippen LogP contribution in [0.4, 0.5) is 0 Å². The molecule has 2 rings (SSSR count). The minimum absolute atomic E-state index is 0.120. The molecule has 0 fully saturated rings. The first-order valence-electron chi connectivity index (χ1n) is 8.34. The second-order valence-electron chi connectivity index (χ2n) is 6.91. The number of carbonyl (C=O) groups is 1. The van der Waals surface area contributed by atoms with E-state index in [-0.39, 0.29) is 11.8 Å². The fraction of sp³-hybridized carbons (Fsp3) is 0.526. The van der Waals surface area contributed by atoms with Gasteiger partial charge < -0.3 is 15.0 Å². The number of carbonyl (C=O) groups excluding carboxylic acids is 1. The number of nitrogens with one attached hydrogen (secondary N) is 2. The van der Waals surface area contributed by atoms with Gasteiger partial charge in [0, 0.05) is 30.1 Å². The van der Waals surface area contributed by atoms with Gasteiger partial charge in [0.2, 0.25) is 5.91 Å². The van der Waals surface area contributed by atoms with E-state index in [0.29, 0.717) is 18.3 Å². The van der Waals surface area contributed by atoms with Gasteiger partial charge in [-0.1, -0.05) is 27.7 Å². The Morgan fingerprint density at radius 1 is 1.26 bits per heavy atom. The van der Waals surface area contributed by atoms with Gasteiger partial charge in [-0.05, 0) is 41.5 Å². The second kappa shape index (κ2) is 7.53. The number of fused-ring (bicyclic) bond motifs is 1. The minimum atomic E-state index is 0.120. The Labute approximate surface area is 138 Å². The van der Waals surface area contributed by atoms with Crippen molar-refractivity contribution >= 4 is 16.8 Å². The van der Waals surface area contributed by atoms with Crippen molar-refractivity contribution in [3.05, 3.63) is 30.0 Å². The average molecular weight is 316 g/mol. The Bertz CT molecular complexity index is 658. The van der Waals surface area contributed by atoms with Gasteiger partial charge in [0.05, 0.1) is 7.11 Å². The smallest absolute Gasteiger partial charge is 0.220 e. The fourth-order valence-electron chi connectivity index (χ4n) is 2.85. The second-order valence-corrected chi connectivity index (χ2v) is 6.91. The van der Waals surface area contributed by atoms with Crippen LogP contribution in [0, 0.1) is 11.8 Å². The summed E-state index contributed by atoms with van der Waals surface area (Å²) in [6, 6.07) is 6.01. The molecule has 0 spiro atoms. The third-order valence-electron chi connectivity index (χ3n) is 4.24. The summed E-state index contributed by atoms with van der Waals surface area (Å²) in [4.78, 5) is 15.6. The van der Waals surface area contributed by atoms with E-state index in [4.69, 9.17) is 4.74 Å². The van der Waals surface area contributed by atoms with Gasteiger partial charge in [0.1, 0.15) is 5.75 Å². The number of rotatable bonds is 7. The van der Waals surface area contributed by atoms with Gasteiger partial charge in [-0.25, -0.2) is 0 Å². The van der Waals surface area contributed by atoms with Gasteiger partial charge in [-0.3, -0.25) is 4.79 Å². The van der Waals surface area contributed by atoms with Crippen LogP contribution in [0.25, 0.3) is 10.9 Å². The molecule has 1 amide bonds. The number of H-pyrrole nitrogens is 1. The SMILES string of the molecule is COc1ccc2[nH]cc([C@@H](CC(=O)NCC(C)C)C(C)C)c2c1. The highest BCUT2D eigenvalue weighted by atomic mass is 16.5. The lowest BCUT2D eigenvalue weighted by Crippen LogP contribution is -2.29. The molecule has 4 heteroatoms. The molecule has 0 saturated carbocycles. The third kappa shape index (κ3) is 4.27. The van der Waals surface area contributed by atoms with Crippen LogP contribution in [0.1, 0.15) is 45.6 Å². The summed E-state index contributed by atoms with van der Waals surface area (Å²) < 4.78 is 5.34. The molecule has 0 radical (unpaired) electrons. The van der Waals surface area contributed by atoms with Crippen molar-refractivity contribution in [1.29, 1.82) is 0 Å². The molecule has 0 aliphatic rings. The molecular weight excluding hydrogens is 288 g/mol. The zero-order valence-electron chi connectivity index (χ0n) is 14.8. The summed E-state index contributed by atoms with van der Waals surface area (Å²) in [5.41, 5.74) is 2.27. The quantitative estimate of drug-likeness (QED) is 0.808. The van der Waals surface area contributed by atoms with E-state index in [1.807, 2.05) is 24.4 Å². The molecule has 0 aliphatic heterocycles. The summed E-state index contributed by atoms with van der Waals surface area (Å²) in [5.74, 6) is 1.99. The summed E-state index contributed by atoms with van der Waals surface area (Å²) in [6.45, 7) is 9.27. The summed E-state index contributed by atoms with van der Waals surface area (Å²) in [6.07, 6.45) is 2.54. The summed E-state index contributed by atoms with van der Waals surface area (Å²) in [5, 5.41) is 4.16. The predicted octanol–water partition coefficient (Wildman–Crippen LogP) is 4.08. The van der Waals surface area contributed by atoms with Crippen molar-refractivity contribution in [1.82, 2.24) is 10.3 Å². The van der Waals surface area contributed by atoms with E-state index in [1.54, 1.807) is 7.11 Å². The number of hydrogen-bond acceptors (Lipinski definition) is 2. The van der Waals surface area contributed by atoms with Gasteiger partial charge >= 0.3 is 0 Å². The predicted molar refractivity (Wildman–Crippen MR) is 94.9 cm³/mol. The van der Waals surface area contributed by atoms with Crippen LogP contribution < -0.4 is 10.1 Å². The molecule has 0 unspecified atom stereocenters. The molecular formula is C19H28N2O2. The molecule has 0 bridgehead atoms. The third-order valence-corrected chi connectivity index (χ3v) is 4.24. The topological polar surface area (TPSA) is 54.1 Å². The highest BCUT2D eigenvalue weighted by molar-refractivity contribution is 5.86. The molecule has 0 aliphatic carbocycles. The molecule has 0 saturated heterocycles. The Balaban J connectivity index is 2.25. The highest BCUT2D eigenvalue weighted by Crippen LogP contribution is 2.34. The zero-order chi connectivity index (χ0) is 17.0. The van der Waals surface area contributed by atoms with Crippen molar-refractivity contribution in [2.75, 3.05) is 13.7 Å². The normalized spacial score (nSPS) is 12.8. The lowest BCUT2D eigenvalue weighted by atomic mass is 9.85. The lowest BCUT2D eigenvalue weighted by Gasteiger charge is -2.20. The first-order chi connectivity index (χ1) is 10.9. The highest BCUT2D eigenvalue weighted by Gasteiger charge is 2.22. The first-order valence-corrected chi connectivity index (χ1v) is 8.34. The summed E-state index contributed by atoms with van der Waals surface area (Å²) in [7, 11) is 1.67. The average Bonchev–Trinajstić information content (AvgIpc) is 2.92. The van der Waals surface area contributed by atoms with Gasteiger partial charge in [0.25, 0.3) is 0 Å². The number of hydrogen-bond donors (Lipinski definition) is 2. The van der Waals surface area contributed by atoms with E-state index in [0.717, 1.165) is 23.2 Å². The maximum absolute atomic E-state index is 12.3. The van der Waals surface area contributed by atoms with E-state index in [1.165, 1.54) is 5.56 Å². The number of ether oxygens (including phenoxy) is 1. The Morgan fingerprint density at radius 2 is 2.00 bits per heavy atom. The van der Waals surface area contributed by atoms with Crippen molar-refractivity contribution in [2.45, 2.75) is 40.0 Å². The molecule has 2 N–H and O–H groups in total. The Kier molecular flexibility index (Phi) is 5.69. The molecule has 1 heterocycles. The van der Waals surface area contributed by atoms with Crippen molar-refractivity contribution < 1.29 is 9.53 Å². The maximum Gasteiger partial charge on any atom is 0.220 e. The first kappa shape index (κ1) is 17.4. The zero-order valence-corrected chi connectivity index (χ0v) is 14.8. The molecule has 23 heavy (non-hydrogen) atoms. The maximum atomic E-state index is 12.3. The lowest BCUT2D eigenvalue weighted by molar-refractivity contribution is -0.121. The molecule has 1 aromatic carbocycles. The largest absolute Gasteiger partial charge is 0.497 e. The van der Waals surface area contributed by atoms with Crippen molar-refractivity contribution in [3.63, 3.8) is 0 Å². The molecule has 2 aromatic rings.